The first-order valence-corrected chi connectivity index (χ1v) is 11.2. The van der Waals surface area contributed by atoms with Crippen LogP contribution in [0.4, 0.5) is 0 Å². The third-order valence-corrected chi connectivity index (χ3v) is 5.45. The van der Waals surface area contributed by atoms with Crippen LogP contribution in [0.5, 0.6) is 11.5 Å². The number of ether oxygens (including phenoxy) is 2. The van der Waals surface area contributed by atoms with Crippen molar-refractivity contribution in [2.75, 3.05) is 11.9 Å². The summed E-state index contributed by atoms with van der Waals surface area (Å²) < 4.78 is 12.2. The van der Waals surface area contributed by atoms with Crippen molar-refractivity contribution >= 4 is 26.7 Å². The van der Waals surface area contributed by atoms with Gasteiger partial charge in [0, 0.05) is 5.33 Å². The largest absolute Gasteiger partial charge is 0.494 e. The van der Waals surface area contributed by atoms with E-state index in [0.29, 0.717) is 6.10 Å². The summed E-state index contributed by atoms with van der Waals surface area (Å²) in [5.74, 6) is 1.97. The van der Waals surface area contributed by atoms with E-state index in [1.807, 2.05) is 0 Å². The number of hydrogen-bond donors (Lipinski definition) is 0. The lowest BCUT2D eigenvalue weighted by atomic mass is 10.0. The molecule has 2 aromatic rings. The lowest BCUT2D eigenvalue weighted by Gasteiger charge is -2.20. The maximum absolute atomic E-state index is 6.34. The van der Waals surface area contributed by atoms with Crippen LogP contribution in [0, 0.1) is 6.92 Å². The van der Waals surface area contributed by atoms with Gasteiger partial charge in [0.25, 0.3) is 0 Å². The molecular weight excluding hydrogens is 388 g/mol. The normalized spacial score (nSPS) is 12.3. The van der Waals surface area contributed by atoms with Gasteiger partial charge in [-0.05, 0) is 73.6 Å². The topological polar surface area (TPSA) is 18.5 Å². The molecule has 0 aliphatic carbocycles. The number of hydrogen-bond acceptors (Lipinski definition) is 2. The molecule has 0 aromatic heterocycles. The van der Waals surface area contributed by atoms with Crippen molar-refractivity contribution in [2.45, 2.75) is 71.8 Å². The van der Waals surface area contributed by atoms with Crippen LogP contribution >= 0.6 is 15.9 Å². The van der Waals surface area contributed by atoms with Crippen molar-refractivity contribution in [1.29, 1.82) is 0 Å². The smallest absolute Gasteiger partial charge is 0.123 e. The van der Waals surface area contributed by atoms with Gasteiger partial charge >= 0.3 is 0 Å². The Labute approximate surface area is 167 Å². The number of halogens is 1. The molecule has 0 saturated heterocycles. The van der Waals surface area contributed by atoms with Gasteiger partial charge in [-0.15, -0.1) is 0 Å². The Morgan fingerprint density at radius 3 is 2.58 bits per heavy atom. The second kappa shape index (κ2) is 11.5. The zero-order valence-corrected chi connectivity index (χ0v) is 18.1. The number of benzene rings is 2. The molecule has 2 rings (SSSR count). The molecule has 0 fully saturated rings. The molecule has 1 atom stereocenters. The van der Waals surface area contributed by atoms with Gasteiger partial charge in [0.1, 0.15) is 11.5 Å². The molecule has 0 aliphatic heterocycles. The van der Waals surface area contributed by atoms with Crippen LogP contribution in [-0.4, -0.2) is 18.0 Å². The number of aryl methyl sites for hydroxylation is 1. The lowest BCUT2D eigenvalue weighted by Crippen LogP contribution is -2.15. The molecule has 0 spiro atoms. The van der Waals surface area contributed by atoms with Crippen molar-refractivity contribution in [3.05, 3.63) is 35.9 Å². The molecule has 0 bridgehead atoms. The van der Waals surface area contributed by atoms with Crippen molar-refractivity contribution in [3.8, 4) is 11.5 Å². The quantitative estimate of drug-likeness (QED) is 0.262. The van der Waals surface area contributed by atoms with E-state index in [4.69, 9.17) is 9.47 Å². The minimum Gasteiger partial charge on any atom is -0.494 e. The summed E-state index contributed by atoms with van der Waals surface area (Å²) in [6, 6.07) is 10.6. The van der Waals surface area contributed by atoms with Gasteiger partial charge in [0.2, 0.25) is 0 Å². The molecule has 0 amide bonds. The van der Waals surface area contributed by atoms with Gasteiger partial charge in [0.05, 0.1) is 12.7 Å². The molecule has 2 aromatic carbocycles. The number of unbranched alkanes of at least 4 members (excludes halogenated alkanes) is 3. The Bertz CT molecular complexity index is 669. The fourth-order valence-corrected chi connectivity index (χ4v) is 3.59. The van der Waals surface area contributed by atoms with E-state index in [1.165, 1.54) is 35.6 Å². The number of fused-ring (bicyclic) bond motifs is 1. The van der Waals surface area contributed by atoms with Crippen LogP contribution in [-0.2, 0) is 0 Å². The number of rotatable bonds is 12. The second-order valence-corrected chi connectivity index (χ2v) is 7.75. The Balaban J connectivity index is 2.07. The van der Waals surface area contributed by atoms with Crippen molar-refractivity contribution in [3.63, 3.8) is 0 Å². The van der Waals surface area contributed by atoms with E-state index in [1.54, 1.807) is 0 Å². The van der Waals surface area contributed by atoms with Crippen molar-refractivity contribution in [1.82, 2.24) is 0 Å². The van der Waals surface area contributed by atoms with Gasteiger partial charge in [-0.2, -0.15) is 0 Å². The van der Waals surface area contributed by atoms with Crippen LogP contribution in [0.15, 0.2) is 30.3 Å². The highest BCUT2D eigenvalue weighted by molar-refractivity contribution is 9.09. The molecule has 3 heteroatoms. The van der Waals surface area contributed by atoms with Gasteiger partial charge in [0.15, 0.2) is 0 Å². The van der Waals surface area contributed by atoms with Gasteiger partial charge in [-0.1, -0.05) is 54.8 Å². The molecule has 144 valence electrons. The zero-order chi connectivity index (χ0) is 18.8. The molecular formula is C23H33BrO2. The van der Waals surface area contributed by atoms with Crippen molar-refractivity contribution in [2.24, 2.45) is 0 Å². The Kier molecular flexibility index (Phi) is 9.31. The van der Waals surface area contributed by atoms with Crippen LogP contribution in [0.2, 0.25) is 0 Å². The van der Waals surface area contributed by atoms with E-state index in [-0.39, 0.29) is 0 Å². The highest BCUT2D eigenvalue weighted by atomic mass is 79.9. The van der Waals surface area contributed by atoms with Crippen LogP contribution < -0.4 is 9.47 Å². The zero-order valence-electron chi connectivity index (χ0n) is 16.5. The monoisotopic (exact) mass is 420 g/mol. The third-order valence-electron chi connectivity index (χ3n) is 4.89. The highest BCUT2D eigenvalue weighted by Crippen LogP contribution is 2.31. The van der Waals surface area contributed by atoms with Gasteiger partial charge in [-0.3, -0.25) is 0 Å². The summed E-state index contributed by atoms with van der Waals surface area (Å²) in [6.07, 6.45) is 8.52. The standard InChI is InChI=1S/C23H33BrO2/c1-4-6-7-10-20(5-2)26-23-14-11-19-17-21(25-16-9-8-15-24)12-13-22(19)18(23)3/h11-14,17,20H,4-10,15-16H2,1-3H3. The lowest BCUT2D eigenvalue weighted by molar-refractivity contribution is 0.182. The van der Waals surface area contributed by atoms with E-state index >= 15 is 0 Å². The van der Waals surface area contributed by atoms with E-state index in [9.17, 15) is 0 Å². The predicted molar refractivity (Wildman–Crippen MR) is 116 cm³/mol. The Morgan fingerprint density at radius 2 is 1.85 bits per heavy atom. The minimum absolute atomic E-state index is 0.315. The molecule has 0 saturated carbocycles. The molecule has 0 N–H and O–H groups in total. The third kappa shape index (κ3) is 6.19. The summed E-state index contributed by atoms with van der Waals surface area (Å²) in [5, 5.41) is 3.50. The van der Waals surface area contributed by atoms with Crippen molar-refractivity contribution < 1.29 is 9.47 Å². The van der Waals surface area contributed by atoms with Crippen LogP contribution in [0.3, 0.4) is 0 Å². The fourth-order valence-electron chi connectivity index (χ4n) is 3.20. The molecule has 0 aliphatic rings. The molecule has 0 radical (unpaired) electrons. The minimum atomic E-state index is 0.315. The highest BCUT2D eigenvalue weighted by Gasteiger charge is 2.12. The molecule has 0 heterocycles. The van der Waals surface area contributed by atoms with E-state index < -0.39 is 0 Å². The molecule has 1 unspecified atom stereocenters. The summed E-state index contributed by atoms with van der Waals surface area (Å²) in [7, 11) is 0. The van der Waals surface area contributed by atoms with E-state index in [0.717, 1.165) is 49.1 Å². The Hall–Kier alpha value is -1.22. The second-order valence-electron chi connectivity index (χ2n) is 6.96. The van der Waals surface area contributed by atoms with Gasteiger partial charge < -0.3 is 9.47 Å². The summed E-state index contributed by atoms with van der Waals surface area (Å²) in [4.78, 5) is 0. The fraction of sp³-hybridized carbons (Fsp3) is 0.565. The first-order valence-electron chi connectivity index (χ1n) is 10.1. The first-order chi connectivity index (χ1) is 12.7. The summed E-state index contributed by atoms with van der Waals surface area (Å²) in [6.45, 7) is 7.39. The molecule has 26 heavy (non-hydrogen) atoms. The number of alkyl halides is 1. The van der Waals surface area contributed by atoms with Gasteiger partial charge in [-0.25, -0.2) is 0 Å². The summed E-state index contributed by atoms with van der Waals surface area (Å²) in [5.41, 5.74) is 1.22. The van der Waals surface area contributed by atoms with Crippen LogP contribution in [0.25, 0.3) is 10.8 Å². The predicted octanol–water partition coefficient (Wildman–Crippen LogP) is 7.44. The van der Waals surface area contributed by atoms with Crippen LogP contribution in [0.1, 0.15) is 64.4 Å². The SMILES string of the molecule is CCCCCC(CC)Oc1ccc2cc(OCCCCBr)ccc2c1C. The average Bonchev–Trinajstić information content (AvgIpc) is 2.66. The Morgan fingerprint density at radius 1 is 1.00 bits per heavy atom. The maximum atomic E-state index is 6.34. The molecule has 2 nitrogen and oxygen atoms in total. The summed E-state index contributed by atoms with van der Waals surface area (Å²) >= 11 is 3.46. The maximum Gasteiger partial charge on any atom is 0.123 e. The first kappa shape index (κ1) is 21.1. The van der Waals surface area contributed by atoms with E-state index in [2.05, 4.69) is 67.0 Å². The average molecular weight is 421 g/mol.